The molecule has 0 aliphatic carbocycles. The first kappa shape index (κ1) is 61.4. The molecule has 6 nitrogen and oxygen atoms in total. The molecule has 0 fully saturated rings. The Kier molecular flexibility index (Phi) is 50.8. The van der Waals surface area contributed by atoms with Crippen LogP contribution in [0.1, 0.15) is 284 Å². The molecule has 0 aliphatic heterocycles. The van der Waals surface area contributed by atoms with E-state index in [0.29, 0.717) is 19.3 Å². The largest absolute Gasteiger partial charge is 0.462 e. The van der Waals surface area contributed by atoms with E-state index >= 15 is 0 Å². The Labute approximate surface area is 397 Å². The number of carbonyl (C=O) groups excluding carboxylic acids is 3. The van der Waals surface area contributed by atoms with Crippen molar-refractivity contribution in [3.8, 4) is 0 Å². The lowest BCUT2D eigenvalue weighted by molar-refractivity contribution is -0.167. The van der Waals surface area contributed by atoms with Crippen molar-refractivity contribution in [3.05, 3.63) is 48.6 Å². The lowest BCUT2D eigenvalue weighted by Gasteiger charge is -2.18. The van der Waals surface area contributed by atoms with Gasteiger partial charge >= 0.3 is 17.9 Å². The van der Waals surface area contributed by atoms with Crippen LogP contribution in [-0.2, 0) is 28.6 Å². The zero-order chi connectivity index (χ0) is 46.5. The van der Waals surface area contributed by atoms with Gasteiger partial charge < -0.3 is 14.2 Å². The molecule has 0 unspecified atom stereocenters. The summed E-state index contributed by atoms with van der Waals surface area (Å²) in [5, 5.41) is 0. The fourth-order valence-corrected chi connectivity index (χ4v) is 7.81. The predicted octanol–water partition coefficient (Wildman–Crippen LogP) is 18.3. The number of esters is 3. The maximum atomic E-state index is 12.8. The monoisotopic (exact) mass is 897 g/mol. The summed E-state index contributed by atoms with van der Waals surface area (Å²) in [7, 11) is 0. The summed E-state index contributed by atoms with van der Waals surface area (Å²) in [4.78, 5) is 38.0. The predicted molar refractivity (Wildman–Crippen MR) is 275 cm³/mol. The molecule has 0 radical (unpaired) electrons. The minimum atomic E-state index is -0.781. The molecule has 0 saturated heterocycles. The second-order valence-corrected chi connectivity index (χ2v) is 18.5. The highest BCUT2D eigenvalue weighted by atomic mass is 16.6. The summed E-state index contributed by atoms with van der Waals surface area (Å²) in [5.74, 6) is -0.892. The minimum absolute atomic E-state index is 0.0801. The minimum Gasteiger partial charge on any atom is -0.462 e. The molecule has 0 N–H and O–H groups in total. The van der Waals surface area contributed by atoms with Crippen molar-refractivity contribution in [2.24, 2.45) is 0 Å². The highest BCUT2D eigenvalue weighted by Crippen LogP contribution is 2.15. The average molecular weight is 897 g/mol. The van der Waals surface area contributed by atoms with E-state index in [0.717, 1.165) is 83.5 Å². The van der Waals surface area contributed by atoms with E-state index in [1.165, 1.54) is 161 Å². The second-order valence-electron chi connectivity index (χ2n) is 18.5. The summed E-state index contributed by atoms with van der Waals surface area (Å²) < 4.78 is 16.8. The third-order valence-corrected chi connectivity index (χ3v) is 12.0. The lowest BCUT2D eigenvalue weighted by Crippen LogP contribution is -2.30. The van der Waals surface area contributed by atoms with Gasteiger partial charge in [0.2, 0.25) is 0 Å². The summed E-state index contributed by atoms with van der Waals surface area (Å²) in [6.07, 6.45) is 63.8. The molecule has 372 valence electrons. The Balaban J connectivity index is 4.36. The normalized spacial score (nSPS) is 12.4. The van der Waals surface area contributed by atoms with Crippen LogP contribution in [0, 0.1) is 0 Å². The van der Waals surface area contributed by atoms with Gasteiger partial charge in [-0.1, -0.05) is 211 Å². The Hall–Kier alpha value is -2.63. The highest BCUT2D eigenvalue weighted by molar-refractivity contribution is 5.71. The molecule has 64 heavy (non-hydrogen) atoms. The number of hydrogen-bond acceptors (Lipinski definition) is 6. The Morgan fingerprint density at radius 1 is 0.312 bits per heavy atom. The quantitative estimate of drug-likeness (QED) is 0.0262. The van der Waals surface area contributed by atoms with Gasteiger partial charge in [-0.3, -0.25) is 14.4 Å². The topological polar surface area (TPSA) is 78.9 Å². The van der Waals surface area contributed by atoms with E-state index in [9.17, 15) is 14.4 Å². The van der Waals surface area contributed by atoms with Gasteiger partial charge in [0, 0.05) is 19.3 Å². The van der Waals surface area contributed by atoms with E-state index in [2.05, 4.69) is 69.4 Å². The molecule has 0 aromatic heterocycles. The molecule has 0 saturated carbocycles. The van der Waals surface area contributed by atoms with Crippen molar-refractivity contribution in [2.75, 3.05) is 13.2 Å². The van der Waals surface area contributed by atoms with Crippen LogP contribution in [-0.4, -0.2) is 37.2 Å². The third-order valence-electron chi connectivity index (χ3n) is 12.0. The molecule has 0 rings (SSSR count). The second kappa shape index (κ2) is 53.0. The van der Waals surface area contributed by atoms with E-state index in [1.807, 2.05) is 0 Å². The van der Waals surface area contributed by atoms with Gasteiger partial charge in [-0.25, -0.2) is 0 Å². The van der Waals surface area contributed by atoms with Crippen molar-refractivity contribution < 1.29 is 28.6 Å². The fourth-order valence-electron chi connectivity index (χ4n) is 7.81. The first-order valence-corrected chi connectivity index (χ1v) is 27.6. The molecule has 1 atom stereocenters. The molecule has 0 aromatic rings. The summed E-state index contributed by atoms with van der Waals surface area (Å²) >= 11 is 0. The zero-order valence-electron chi connectivity index (χ0n) is 42.6. The van der Waals surface area contributed by atoms with Crippen molar-refractivity contribution >= 4 is 17.9 Å². The molecule has 0 aromatic carbocycles. The lowest BCUT2D eigenvalue weighted by atomic mass is 10.1. The number of ether oxygens (including phenoxy) is 3. The smallest absolute Gasteiger partial charge is 0.306 e. The molecular formula is C58H104O6. The van der Waals surface area contributed by atoms with Gasteiger partial charge in [0.1, 0.15) is 13.2 Å². The van der Waals surface area contributed by atoms with Gasteiger partial charge in [0.15, 0.2) is 6.10 Å². The molecule has 0 bridgehead atoms. The molecule has 6 heteroatoms. The summed E-state index contributed by atoms with van der Waals surface area (Å²) in [5.41, 5.74) is 0. The maximum Gasteiger partial charge on any atom is 0.306 e. The van der Waals surface area contributed by atoms with E-state index in [1.54, 1.807) is 0 Å². The van der Waals surface area contributed by atoms with Crippen LogP contribution >= 0.6 is 0 Å². The molecular weight excluding hydrogens is 793 g/mol. The van der Waals surface area contributed by atoms with E-state index < -0.39 is 6.10 Å². The summed E-state index contributed by atoms with van der Waals surface area (Å²) in [6.45, 7) is 6.59. The van der Waals surface area contributed by atoms with Gasteiger partial charge in [-0.05, 0) is 103 Å². The highest BCUT2D eigenvalue weighted by Gasteiger charge is 2.19. The van der Waals surface area contributed by atoms with Crippen LogP contribution < -0.4 is 0 Å². The first-order chi connectivity index (χ1) is 31.5. The van der Waals surface area contributed by atoms with Crippen LogP contribution in [0.3, 0.4) is 0 Å². The van der Waals surface area contributed by atoms with Crippen molar-refractivity contribution in [3.63, 3.8) is 0 Å². The molecule has 0 spiro atoms. The summed E-state index contributed by atoms with van der Waals surface area (Å²) in [6, 6.07) is 0. The SMILES string of the molecule is CCCCC/C=C\C/C=C\CCCCCCCCCCCC(=O)OC[C@@H](COC(=O)CCCCCCC/C=C\CCCCCC)OC(=O)CCCCCCC/C=C\CCCCCCC. The van der Waals surface area contributed by atoms with Gasteiger partial charge in [-0.2, -0.15) is 0 Å². The first-order valence-electron chi connectivity index (χ1n) is 27.6. The zero-order valence-corrected chi connectivity index (χ0v) is 42.6. The van der Waals surface area contributed by atoms with Crippen molar-refractivity contribution in [2.45, 2.75) is 290 Å². The molecule has 0 aliphatic rings. The Morgan fingerprint density at radius 3 is 0.922 bits per heavy atom. The van der Waals surface area contributed by atoms with Crippen LogP contribution in [0.25, 0.3) is 0 Å². The average Bonchev–Trinajstić information content (AvgIpc) is 3.29. The third kappa shape index (κ3) is 50.4. The number of hydrogen-bond donors (Lipinski definition) is 0. The number of allylic oxidation sites excluding steroid dienone is 8. The molecule has 0 heterocycles. The van der Waals surface area contributed by atoms with Crippen LogP contribution in [0.2, 0.25) is 0 Å². The van der Waals surface area contributed by atoms with Gasteiger partial charge in [0.25, 0.3) is 0 Å². The van der Waals surface area contributed by atoms with Crippen LogP contribution in [0.5, 0.6) is 0 Å². The standard InChI is InChI=1S/C58H104O6/c1-4-7-10-13-16-19-22-25-27-28-29-30-31-34-36-39-42-45-48-51-57(60)63-54-55(53-62-56(59)50-47-44-41-38-35-32-24-21-18-15-12-9-6-3)64-58(61)52-49-46-43-40-37-33-26-23-20-17-14-11-8-5-2/h16,19,21,23-27,55H,4-15,17-18,20,22,28-54H2,1-3H3/b19-16-,24-21-,26-23-,27-25-/t55-/m1/s1. The van der Waals surface area contributed by atoms with Crippen LogP contribution in [0.15, 0.2) is 48.6 Å². The number of carbonyl (C=O) groups is 3. The molecule has 0 amide bonds. The number of rotatable bonds is 50. The van der Waals surface area contributed by atoms with Crippen molar-refractivity contribution in [1.29, 1.82) is 0 Å². The van der Waals surface area contributed by atoms with Crippen molar-refractivity contribution in [1.82, 2.24) is 0 Å². The number of unbranched alkanes of at least 4 members (excludes halogenated alkanes) is 31. The van der Waals surface area contributed by atoms with Gasteiger partial charge in [-0.15, -0.1) is 0 Å². The fraction of sp³-hybridized carbons (Fsp3) is 0.810. The van der Waals surface area contributed by atoms with E-state index in [-0.39, 0.29) is 31.1 Å². The van der Waals surface area contributed by atoms with Crippen LogP contribution in [0.4, 0.5) is 0 Å². The van der Waals surface area contributed by atoms with Gasteiger partial charge in [0.05, 0.1) is 0 Å². The Bertz CT molecular complexity index is 1120. The maximum absolute atomic E-state index is 12.8. The Morgan fingerprint density at radius 2 is 0.562 bits per heavy atom. The van der Waals surface area contributed by atoms with E-state index in [4.69, 9.17) is 14.2 Å².